The first-order chi connectivity index (χ1) is 13.0. The van der Waals surface area contributed by atoms with Gasteiger partial charge in [-0.05, 0) is 37.5 Å². The van der Waals surface area contributed by atoms with Crippen molar-refractivity contribution in [2.75, 3.05) is 14.2 Å². The molecule has 2 N–H and O–H groups in total. The lowest BCUT2D eigenvalue weighted by atomic mass is 9.99. The zero-order chi connectivity index (χ0) is 19.8. The SMILES string of the molecule is CCC(CC)c1cc(CNC(=NC)NC(C)c2ccc(OC)c(F)c2)on1.I. The Morgan fingerprint density at radius 3 is 2.57 bits per heavy atom. The number of hydrogen-bond acceptors (Lipinski definition) is 4. The minimum Gasteiger partial charge on any atom is -0.494 e. The fourth-order valence-corrected chi connectivity index (χ4v) is 2.92. The van der Waals surface area contributed by atoms with Crippen molar-refractivity contribution in [1.29, 1.82) is 0 Å². The van der Waals surface area contributed by atoms with Gasteiger partial charge in [0, 0.05) is 19.0 Å². The van der Waals surface area contributed by atoms with Crippen LogP contribution in [0.15, 0.2) is 33.8 Å². The highest BCUT2D eigenvalue weighted by atomic mass is 127. The summed E-state index contributed by atoms with van der Waals surface area (Å²) in [5, 5.41) is 10.6. The van der Waals surface area contributed by atoms with E-state index in [1.165, 1.54) is 13.2 Å². The maximum atomic E-state index is 13.9. The molecule has 0 saturated heterocycles. The lowest BCUT2D eigenvalue weighted by molar-refractivity contribution is 0.368. The third-order valence-electron chi connectivity index (χ3n) is 4.66. The molecule has 1 atom stereocenters. The van der Waals surface area contributed by atoms with E-state index in [1.807, 2.05) is 19.1 Å². The van der Waals surface area contributed by atoms with E-state index in [0.717, 1.165) is 29.9 Å². The highest BCUT2D eigenvalue weighted by Gasteiger charge is 2.14. The number of benzene rings is 1. The maximum absolute atomic E-state index is 13.9. The normalized spacial score (nSPS) is 12.5. The molecule has 0 radical (unpaired) electrons. The summed E-state index contributed by atoms with van der Waals surface area (Å²) in [4.78, 5) is 4.21. The standard InChI is InChI=1S/C20H29FN4O2.HI/c1-6-14(7-2)18-11-16(27-25-18)12-23-20(22-4)24-13(3)15-8-9-19(26-5)17(21)10-15;/h8-11,13-14H,6-7,12H2,1-5H3,(H2,22,23,24);1H. The Labute approximate surface area is 183 Å². The molecule has 0 amide bonds. The monoisotopic (exact) mass is 504 g/mol. The Balaban J connectivity index is 0.00000392. The van der Waals surface area contributed by atoms with Crippen molar-refractivity contribution in [2.45, 2.75) is 52.1 Å². The van der Waals surface area contributed by atoms with Crippen LogP contribution in [0.1, 0.15) is 62.6 Å². The van der Waals surface area contributed by atoms with Crippen LogP contribution >= 0.6 is 24.0 Å². The number of halogens is 2. The molecule has 1 aromatic carbocycles. The van der Waals surface area contributed by atoms with Crippen molar-refractivity contribution >= 4 is 29.9 Å². The summed E-state index contributed by atoms with van der Waals surface area (Å²) in [5.41, 5.74) is 1.79. The van der Waals surface area contributed by atoms with Crippen molar-refractivity contribution in [2.24, 2.45) is 4.99 Å². The molecule has 2 aromatic rings. The molecule has 0 spiro atoms. The van der Waals surface area contributed by atoms with Crippen LogP contribution in [0.25, 0.3) is 0 Å². The summed E-state index contributed by atoms with van der Waals surface area (Å²) < 4.78 is 24.3. The minimum absolute atomic E-state index is 0. The summed E-state index contributed by atoms with van der Waals surface area (Å²) in [6.45, 7) is 6.70. The number of nitrogens with one attached hydrogen (secondary N) is 2. The Hall–Kier alpha value is -1.84. The molecular formula is C20H30FIN4O2. The molecule has 1 aromatic heterocycles. The highest BCUT2D eigenvalue weighted by Crippen LogP contribution is 2.23. The molecule has 156 valence electrons. The number of rotatable bonds is 8. The van der Waals surface area contributed by atoms with Crippen LogP contribution in [0.4, 0.5) is 4.39 Å². The molecule has 1 unspecified atom stereocenters. The summed E-state index contributed by atoms with van der Waals surface area (Å²) >= 11 is 0. The maximum Gasteiger partial charge on any atom is 0.191 e. The molecule has 0 saturated carbocycles. The second-order valence-electron chi connectivity index (χ2n) is 6.42. The van der Waals surface area contributed by atoms with Gasteiger partial charge >= 0.3 is 0 Å². The van der Waals surface area contributed by atoms with Crippen LogP contribution in [-0.4, -0.2) is 25.3 Å². The van der Waals surface area contributed by atoms with Gasteiger partial charge in [-0.1, -0.05) is 25.1 Å². The van der Waals surface area contributed by atoms with Gasteiger partial charge in [-0.2, -0.15) is 0 Å². The Kier molecular flexibility index (Phi) is 10.3. The first kappa shape index (κ1) is 24.2. The predicted octanol–water partition coefficient (Wildman–Crippen LogP) is 4.77. The Morgan fingerprint density at radius 1 is 1.29 bits per heavy atom. The topological polar surface area (TPSA) is 71.7 Å². The van der Waals surface area contributed by atoms with Crippen LogP contribution in [0.5, 0.6) is 5.75 Å². The average molecular weight is 504 g/mol. The summed E-state index contributed by atoms with van der Waals surface area (Å²) in [6, 6.07) is 6.76. The lowest BCUT2D eigenvalue weighted by Gasteiger charge is -2.18. The number of guanidine groups is 1. The van der Waals surface area contributed by atoms with Gasteiger partial charge in [-0.25, -0.2) is 4.39 Å². The van der Waals surface area contributed by atoms with Gasteiger partial charge in [-0.15, -0.1) is 24.0 Å². The molecule has 2 rings (SSSR count). The van der Waals surface area contributed by atoms with Gasteiger partial charge in [0.2, 0.25) is 0 Å². The van der Waals surface area contributed by atoms with Gasteiger partial charge in [0.15, 0.2) is 23.3 Å². The van der Waals surface area contributed by atoms with Crippen LogP contribution < -0.4 is 15.4 Å². The molecule has 28 heavy (non-hydrogen) atoms. The largest absolute Gasteiger partial charge is 0.494 e. The van der Waals surface area contributed by atoms with Gasteiger partial charge in [-0.3, -0.25) is 4.99 Å². The van der Waals surface area contributed by atoms with Crippen molar-refractivity contribution in [3.63, 3.8) is 0 Å². The molecule has 0 aliphatic rings. The summed E-state index contributed by atoms with van der Waals surface area (Å²) in [6.07, 6.45) is 2.07. The fraction of sp³-hybridized carbons (Fsp3) is 0.500. The van der Waals surface area contributed by atoms with Gasteiger partial charge in [0.25, 0.3) is 0 Å². The second kappa shape index (κ2) is 11.9. The number of methoxy groups -OCH3 is 1. The third kappa shape index (κ3) is 6.35. The van der Waals surface area contributed by atoms with Crippen molar-refractivity contribution < 1.29 is 13.7 Å². The van der Waals surface area contributed by atoms with Crippen molar-refractivity contribution in [1.82, 2.24) is 15.8 Å². The first-order valence-electron chi connectivity index (χ1n) is 9.28. The molecule has 8 heteroatoms. The average Bonchev–Trinajstić information content (AvgIpc) is 3.14. The van der Waals surface area contributed by atoms with E-state index in [4.69, 9.17) is 9.26 Å². The van der Waals surface area contributed by atoms with Crippen molar-refractivity contribution in [3.8, 4) is 5.75 Å². The number of hydrogen-bond donors (Lipinski definition) is 2. The summed E-state index contributed by atoms with van der Waals surface area (Å²) in [5.74, 6) is 1.61. The van der Waals surface area contributed by atoms with E-state index >= 15 is 0 Å². The van der Waals surface area contributed by atoms with E-state index in [1.54, 1.807) is 13.1 Å². The van der Waals surface area contributed by atoms with E-state index in [9.17, 15) is 4.39 Å². The minimum atomic E-state index is -0.387. The Bertz CT molecular complexity index is 762. The van der Waals surface area contributed by atoms with E-state index in [0.29, 0.717) is 18.4 Å². The van der Waals surface area contributed by atoms with E-state index < -0.39 is 0 Å². The number of aromatic nitrogens is 1. The number of aliphatic imine (C=N–C) groups is 1. The molecule has 0 fully saturated rings. The molecular weight excluding hydrogens is 474 g/mol. The van der Waals surface area contributed by atoms with Gasteiger partial charge in [0.1, 0.15) is 0 Å². The predicted molar refractivity (Wildman–Crippen MR) is 120 cm³/mol. The highest BCUT2D eigenvalue weighted by molar-refractivity contribution is 14.0. The van der Waals surface area contributed by atoms with Crippen LogP contribution in [0, 0.1) is 5.82 Å². The second-order valence-corrected chi connectivity index (χ2v) is 6.42. The fourth-order valence-electron chi connectivity index (χ4n) is 2.92. The first-order valence-corrected chi connectivity index (χ1v) is 9.28. The lowest BCUT2D eigenvalue weighted by Crippen LogP contribution is -2.38. The van der Waals surface area contributed by atoms with Crippen molar-refractivity contribution in [3.05, 3.63) is 47.1 Å². The third-order valence-corrected chi connectivity index (χ3v) is 4.66. The molecule has 0 aliphatic heterocycles. The number of nitrogens with zero attached hydrogens (tertiary/aromatic N) is 2. The van der Waals surface area contributed by atoms with Crippen LogP contribution in [0.2, 0.25) is 0 Å². The zero-order valence-electron chi connectivity index (χ0n) is 17.1. The quantitative estimate of drug-likeness (QED) is 0.308. The number of ether oxygens (including phenoxy) is 1. The Morgan fingerprint density at radius 2 is 2.00 bits per heavy atom. The van der Waals surface area contributed by atoms with E-state index in [2.05, 4.69) is 34.6 Å². The van der Waals surface area contributed by atoms with Crippen LogP contribution in [0.3, 0.4) is 0 Å². The molecule has 0 aliphatic carbocycles. The van der Waals surface area contributed by atoms with E-state index in [-0.39, 0.29) is 41.6 Å². The van der Waals surface area contributed by atoms with Crippen LogP contribution in [-0.2, 0) is 6.54 Å². The zero-order valence-corrected chi connectivity index (χ0v) is 19.4. The van der Waals surface area contributed by atoms with Gasteiger partial charge in [0.05, 0.1) is 25.4 Å². The summed E-state index contributed by atoms with van der Waals surface area (Å²) in [7, 11) is 3.14. The van der Waals surface area contributed by atoms with Gasteiger partial charge < -0.3 is 19.9 Å². The molecule has 0 bridgehead atoms. The molecule has 1 heterocycles. The molecule has 6 nitrogen and oxygen atoms in total. The smallest absolute Gasteiger partial charge is 0.191 e.